The fourth-order valence-corrected chi connectivity index (χ4v) is 3.99. The second-order valence-corrected chi connectivity index (χ2v) is 14.3. The van der Waals surface area contributed by atoms with E-state index in [4.69, 9.17) is 33.2 Å². The van der Waals surface area contributed by atoms with Crippen LogP contribution in [0.1, 0.15) is 83.1 Å². The number of rotatable bonds is 28. The minimum absolute atomic E-state index is 0.378. The average Bonchev–Trinajstić information content (AvgIpc) is 2.97. The Kier molecular flexibility index (Phi) is 26.0. The van der Waals surface area contributed by atoms with Crippen LogP contribution in [0.3, 0.4) is 0 Å². The van der Waals surface area contributed by atoms with E-state index >= 15 is 0 Å². The molecule has 0 radical (unpaired) electrons. The molecule has 47 heavy (non-hydrogen) atoms. The Morgan fingerprint density at radius 3 is 0.574 bits per heavy atom. The van der Waals surface area contributed by atoms with Gasteiger partial charge in [-0.15, -0.1) is 0 Å². The predicted molar refractivity (Wildman–Crippen MR) is 197 cm³/mol. The van der Waals surface area contributed by atoms with Gasteiger partial charge < -0.3 is 33.2 Å². The lowest BCUT2D eigenvalue weighted by atomic mass is 9.90. The van der Waals surface area contributed by atoms with Crippen molar-refractivity contribution < 1.29 is 33.2 Å². The first-order valence-corrected chi connectivity index (χ1v) is 17.1. The minimum atomic E-state index is -0.527. The lowest BCUT2D eigenvalue weighted by Crippen LogP contribution is -2.46. The zero-order valence-corrected chi connectivity index (χ0v) is 32.2. The summed E-state index contributed by atoms with van der Waals surface area (Å²) in [4.78, 5) is 0. The summed E-state index contributed by atoms with van der Waals surface area (Å²) in [5.41, 5.74) is 6.23. The van der Waals surface area contributed by atoms with Gasteiger partial charge in [0.2, 0.25) is 0 Å². The van der Waals surface area contributed by atoms with E-state index in [1.807, 2.05) is 0 Å². The molecule has 0 aromatic rings. The summed E-state index contributed by atoms with van der Waals surface area (Å²) in [6, 6.07) is 0. The summed E-state index contributed by atoms with van der Waals surface area (Å²) >= 11 is 0. The molecule has 0 amide bonds. The lowest BCUT2D eigenvalue weighted by Gasteiger charge is -2.36. The highest BCUT2D eigenvalue weighted by atomic mass is 16.5. The van der Waals surface area contributed by atoms with E-state index in [-0.39, 0.29) is 0 Å². The van der Waals surface area contributed by atoms with Gasteiger partial charge in [-0.2, -0.15) is 0 Å². The summed E-state index contributed by atoms with van der Waals surface area (Å²) in [5, 5.41) is 0. The van der Waals surface area contributed by atoms with Gasteiger partial charge in [0.25, 0.3) is 0 Å². The maximum absolute atomic E-state index is 6.66. The monoisotopic (exact) mass is 663 g/mol. The van der Waals surface area contributed by atoms with Crippen molar-refractivity contribution in [3.05, 3.63) is 69.9 Å². The van der Waals surface area contributed by atoms with E-state index in [0.717, 1.165) is 0 Å². The molecular formula is C40H70O7. The molecule has 0 aliphatic heterocycles. The number of ether oxygens (including phenoxy) is 7. The van der Waals surface area contributed by atoms with Gasteiger partial charge in [0.15, 0.2) is 0 Å². The third-order valence-corrected chi connectivity index (χ3v) is 6.92. The molecule has 0 aromatic carbocycles. The Hall–Kier alpha value is -1.84. The molecule has 7 heteroatoms. The van der Waals surface area contributed by atoms with Crippen LogP contribution in [0.25, 0.3) is 0 Å². The fraction of sp³-hybridized carbons (Fsp3) is 0.700. The van der Waals surface area contributed by atoms with Gasteiger partial charge >= 0.3 is 0 Å². The fourth-order valence-electron chi connectivity index (χ4n) is 3.99. The molecule has 0 N–H and O–H groups in total. The van der Waals surface area contributed by atoms with Gasteiger partial charge in [-0.1, -0.05) is 69.9 Å². The maximum Gasteiger partial charge on any atom is 0.0650 e. The smallest absolute Gasteiger partial charge is 0.0650 e. The molecule has 0 atom stereocenters. The first kappa shape index (κ1) is 45.2. The van der Waals surface area contributed by atoms with Crippen LogP contribution in [0.2, 0.25) is 0 Å². The van der Waals surface area contributed by atoms with E-state index in [2.05, 4.69) is 120 Å². The minimum Gasteiger partial charge on any atom is -0.380 e. The van der Waals surface area contributed by atoms with E-state index in [0.29, 0.717) is 92.5 Å². The van der Waals surface area contributed by atoms with E-state index < -0.39 is 10.8 Å². The molecule has 0 saturated carbocycles. The number of allylic oxidation sites excluding steroid dienone is 6. The molecule has 0 aromatic heterocycles. The van der Waals surface area contributed by atoms with E-state index in [9.17, 15) is 0 Å². The van der Waals surface area contributed by atoms with Gasteiger partial charge in [-0.05, 0) is 83.1 Å². The van der Waals surface area contributed by atoms with Crippen LogP contribution in [-0.4, -0.2) is 92.5 Å². The average molecular weight is 663 g/mol. The first-order chi connectivity index (χ1) is 22.2. The topological polar surface area (TPSA) is 64.6 Å². The van der Waals surface area contributed by atoms with Gasteiger partial charge in [0.1, 0.15) is 0 Å². The van der Waals surface area contributed by atoms with Crippen LogP contribution < -0.4 is 0 Å². The number of hydrogen-bond donors (Lipinski definition) is 0. The standard InChI is InChI=1S/C40H70O7/c1-33(2)13-19-41-25-39(26-42-20-14-34(3)4,27-43-21-15-35(5)6)31-47-32-40(28-44-22-16-36(7)8,29-45-23-17-37(9)10)30-46-24-18-38(11)12/h13-18H,19-32H2,1-12H3. The highest BCUT2D eigenvalue weighted by Gasteiger charge is 2.36. The van der Waals surface area contributed by atoms with Gasteiger partial charge in [-0.25, -0.2) is 0 Å². The molecule has 0 spiro atoms. The summed E-state index contributed by atoms with van der Waals surface area (Å²) in [6.07, 6.45) is 12.5. The van der Waals surface area contributed by atoms with Crippen LogP contribution in [0.15, 0.2) is 69.9 Å². The summed E-state index contributed by atoms with van der Waals surface area (Å²) in [5.74, 6) is 0. The Balaban J connectivity index is 6.27. The van der Waals surface area contributed by atoms with Crippen molar-refractivity contribution in [2.75, 3.05) is 92.5 Å². The molecule has 0 aliphatic carbocycles. The van der Waals surface area contributed by atoms with E-state index in [1.54, 1.807) is 0 Å². The largest absolute Gasteiger partial charge is 0.380 e. The van der Waals surface area contributed by atoms with Crippen molar-refractivity contribution in [2.45, 2.75) is 83.1 Å². The summed E-state index contributed by atoms with van der Waals surface area (Å²) < 4.78 is 43.9. The molecule has 0 fully saturated rings. The predicted octanol–water partition coefficient (Wildman–Crippen LogP) is 8.87. The van der Waals surface area contributed by atoms with Gasteiger partial charge in [0.05, 0.1) is 103 Å². The molecular weight excluding hydrogens is 592 g/mol. The maximum atomic E-state index is 6.66. The molecule has 0 saturated heterocycles. The van der Waals surface area contributed by atoms with Crippen LogP contribution in [0, 0.1) is 10.8 Å². The number of hydrogen-bond acceptors (Lipinski definition) is 7. The summed E-state index contributed by atoms with van der Waals surface area (Å²) in [6.45, 7) is 31.3. The molecule has 7 nitrogen and oxygen atoms in total. The zero-order valence-electron chi connectivity index (χ0n) is 32.2. The highest BCUT2D eigenvalue weighted by Crippen LogP contribution is 2.26. The van der Waals surface area contributed by atoms with Crippen molar-refractivity contribution in [2.24, 2.45) is 10.8 Å². The second kappa shape index (κ2) is 27.0. The van der Waals surface area contributed by atoms with Crippen molar-refractivity contribution in [1.82, 2.24) is 0 Å². The van der Waals surface area contributed by atoms with Crippen LogP contribution in [0.5, 0.6) is 0 Å². The Morgan fingerprint density at radius 2 is 0.426 bits per heavy atom. The first-order valence-electron chi connectivity index (χ1n) is 17.1. The van der Waals surface area contributed by atoms with Crippen molar-refractivity contribution in [3.8, 4) is 0 Å². The Labute approximate surface area is 289 Å². The highest BCUT2D eigenvalue weighted by molar-refractivity contribution is 4.97. The van der Waals surface area contributed by atoms with Crippen molar-refractivity contribution in [1.29, 1.82) is 0 Å². The third kappa shape index (κ3) is 26.8. The molecule has 0 rings (SSSR count). The normalized spacial score (nSPS) is 11.5. The molecule has 0 heterocycles. The zero-order chi connectivity index (χ0) is 35.6. The van der Waals surface area contributed by atoms with Gasteiger partial charge in [0, 0.05) is 0 Å². The van der Waals surface area contributed by atoms with Crippen molar-refractivity contribution >= 4 is 0 Å². The van der Waals surface area contributed by atoms with Crippen LogP contribution in [0.4, 0.5) is 0 Å². The molecule has 272 valence electrons. The quantitative estimate of drug-likeness (QED) is 0.0613. The SMILES string of the molecule is CC(C)=CCOCC(COCC=C(C)C)(COCC=C(C)C)COCC(COCC=C(C)C)(COCC=C(C)C)COCC=C(C)C. The summed E-state index contributed by atoms with van der Waals surface area (Å²) in [7, 11) is 0. The van der Waals surface area contributed by atoms with Crippen LogP contribution in [-0.2, 0) is 33.2 Å². The second-order valence-electron chi connectivity index (χ2n) is 14.3. The molecule has 0 unspecified atom stereocenters. The third-order valence-electron chi connectivity index (χ3n) is 6.92. The molecule has 0 aliphatic rings. The Bertz CT molecular complexity index is 792. The van der Waals surface area contributed by atoms with Crippen molar-refractivity contribution in [3.63, 3.8) is 0 Å². The Morgan fingerprint density at radius 1 is 0.277 bits per heavy atom. The lowest BCUT2D eigenvalue weighted by molar-refractivity contribution is -0.135. The van der Waals surface area contributed by atoms with Gasteiger partial charge in [-0.3, -0.25) is 0 Å². The van der Waals surface area contributed by atoms with E-state index in [1.165, 1.54) is 33.4 Å². The molecule has 0 bridgehead atoms. The van der Waals surface area contributed by atoms with Crippen LogP contribution >= 0.6 is 0 Å².